The first kappa shape index (κ1) is 18.4. The van der Waals surface area contributed by atoms with Crippen molar-refractivity contribution in [1.29, 1.82) is 10.5 Å². The lowest BCUT2D eigenvalue weighted by molar-refractivity contribution is 0.922. The van der Waals surface area contributed by atoms with Gasteiger partial charge in [-0.2, -0.15) is 10.5 Å². The second-order valence-corrected chi connectivity index (χ2v) is 6.62. The fraction of sp³-hybridized carbons (Fsp3) is 0.200. The Morgan fingerprint density at radius 3 is 1.74 bits per heavy atom. The smallest absolute Gasteiger partial charge is 0.101 e. The van der Waals surface area contributed by atoms with Crippen molar-refractivity contribution in [2.75, 3.05) is 0 Å². The van der Waals surface area contributed by atoms with Crippen molar-refractivity contribution in [3.05, 3.63) is 82.9 Å². The van der Waals surface area contributed by atoms with Crippen molar-refractivity contribution in [3.8, 4) is 34.4 Å². The quantitative estimate of drug-likeness (QED) is 0.544. The van der Waals surface area contributed by atoms with E-state index in [0.29, 0.717) is 11.1 Å². The van der Waals surface area contributed by atoms with Gasteiger partial charge in [-0.15, -0.1) is 0 Å². The molecule has 2 nitrogen and oxygen atoms in total. The fourth-order valence-electron chi connectivity index (χ4n) is 3.42. The monoisotopic (exact) mass is 350 g/mol. The Hall–Kier alpha value is -3.36. The van der Waals surface area contributed by atoms with Gasteiger partial charge in [-0.05, 0) is 40.7 Å². The van der Waals surface area contributed by atoms with Gasteiger partial charge >= 0.3 is 0 Å². The highest BCUT2D eigenvalue weighted by atomic mass is 14.3. The van der Waals surface area contributed by atoms with Crippen molar-refractivity contribution >= 4 is 0 Å². The average molecular weight is 350 g/mol. The number of rotatable bonds is 5. The minimum Gasteiger partial charge on any atom is -0.192 e. The first-order valence-corrected chi connectivity index (χ1v) is 9.37. The van der Waals surface area contributed by atoms with Crippen molar-refractivity contribution in [1.82, 2.24) is 0 Å². The van der Waals surface area contributed by atoms with Crippen LogP contribution in [0.3, 0.4) is 0 Å². The van der Waals surface area contributed by atoms with Gasteiger partial charge in [0, 0.05) is 5.56 Å². The molecule has 0 bridgehead atoms. The number of nitrogens with zero attached hydrogens (tertiary/aromatic N) is 2. The number of hydrogen-bond acceptors (Lipinski definition) is 2. The molecule has 3 aromatic carbocycles. The molecular weight excluding hydrogens is 328 g/mol. The molecule has 0 aromatic heterocycles. The molecule has 0 atom stereocenters. The zero-order valence-electron chi connectivity index (χ0n) is 15.8. The molecule has 132 valence electrons. The Kier molecular flexibility index (Phi) is 5.70. The highest BCUT2D eigenvalue weighted by Crippen LogP contribution is 2.30. The normalized spacial score (nSPS) is 10.2. The number of nitriles is 2. The second kappa shape index (κ2) is 8.35. The summed E-state index contributed by atoms with van der Waals surface area (Å²) in [6.07, 6.45) is 2.99. The van der Waals surface area contributed by atoms with E-state index in [1.165, 1.54) is 11.1 Å². The summed E-state index contributed by atoms with van der Waals surface area (Å²) >= 11 is 0. The molecule has 0 aliphatic carbocycles. The van der Waals surface area contributed by atoms with Gasteiger partial charge in [0.1, 0.15) is 12.1 Å². The third kappa shape index (κ3) is 3.76. The molecule has 0 aliphatic heterocycles. The zero-order chi connectivity index (χ0) is 19.2. The van der Waals surface area contributed by atoms with E-state index in [-0.39, 0.29) is 0 Å². The van der Waals surface area contributed by atoms with E-state index in [1.807, 2.05) is 31.2 Å². The Balaban J connectivity index is 1.97. The molecule has 0 saturated carbocycles. The minimum absolute atomic E-state index is 0.466. The topological polar surface area (TPSA) is 47.6 Å². The predicted octanol–water partition coefficient (Wildman–Crippen LogP) is 6.28. The molecule has 3 rings (SSSR count). The summed E-state index contributed by atoms with van der Waals surface area (Å²) < 4.78 is 0. The summed E-state index contributed by atoms with van der Waals surface area (Å²) in [5, 5.41) is 19.1. The molecule has 0 fully saturated rings. The molecule has 0 saturated heterocycles. The molecule has 0 N–H and O–H groups in total. The van der Waals surface area contributed by atoms with Crippen LogP contribution in [0.2, 0.25) is 0 Å². The molecule has 0 heterocycles. The largest absolute Gasteiger partial charge is 0.192 e. The van der Waals surface area contributed by atoms with Crippen molar-refractivity contribution in [2.45, 2.75) is 33.1 Å². The number of benzene rings is 3. The van der Waals surface area contributed by atoms with Crippen molar-refractivity contribution < 1.29 is 0 Å². The van der Waals surface area contributed by atoms with Crippen LogP contribution in [-0.2, 0) is 12.8 Å². The Morgan fingerprint density at radius 1 is 0.667 bits per heavy atom. The fourth-order valence-corrected chi connectivity index (χ4v) is 3.42. The first-order valence-electron chi connectivity index (χ1n) is 9.37. The molecule has 27 heavy (non-hydrogen) atoms. The third-order valence-corrected chi connectivity index (χ3v) is 4.92. The SMILES string of the molecule is CCCc1ccc(-c2ccc(-c3ccc(CC)c(C#N)c3C#N)cc2)cc1. The van der Waals surface area contributed by atoms with E-state index < -0.39 is 0 Å². The molecule has 3 aromatic rings. The minimum atomic E-state index is 0.466. The van der Waals surface area contributed by atoms with Gasteiger partial charge in [0.2, 0.25) is 0 Å². The summed E-state index contributed by atoms with van der Waals surface area (Å²) in [4.78, 5) is 0. The summed E-state index contributed by atoms with van der Waals surface area (Å²) in [5.41, 5.74) is 7.33. The molecule has 0 amide bonds. The average Bonchev–Trinajstić information content (AvgIpc) is 2.73. The molecule has 0 radical (unpaired) electrons. The van der Waals surface area contributed by atoms with E-state index >= 15 is 0 Å². The van der Waals surface area contributed by atoms with Crippen LogP contribution < -0.4 is 0 Å². The second-order valence-electron chi connectivity index (χ2n) is 6.62. The van der Waals surface area contributed by atoms with E-state index in [2.05, 4.69) is 55.5 Å². The standard InChI is InChI=1S/C25H22N2/c1-3-5-18-6-8-20(9-7-18)21-10-12-22(13-11-21)23-15-14-19(4-2)24(16-26)25(23)17-27/h6-15H,3-5H2,1-2H3. The summed E-state index contributed by atoms with van der Waals surface area (Å²) in [5.74, 6) is 0. The lowest BCUT2D eigenvalue weighted by atomic mass is 9.91. The van der Waals surface area contributed by atoms with E-state index in [4.69, 9.17) is 0 Å². The Labute approximate surface area is 161 Å². The third-order valence-electron chi connectivity index (χ3n) is 4.92. The highest BCUT2D eigenvalue weighted by molar-refractivity contribution is 5.77. The molecule has 0 aliphatic rings. The van der Waals surface area contributed by atoms with Gasteiger partial charge in [0.25, 0.3) is 0 Å². The summed E-state index contributed by atoms with van der Waals surface area (Å²) in [6.45, 7) is 4.18. The number of hydrogen-bond donors (Lipinski definition) is 0. The van der Waals surface area contributed by atoms with Crippen molar-refractivity contribution in [2.24, 2.45) is 0 Å². The van der Waals surface area contributed by atoms with E-state index in [9.17, 15) is 10.5 Å². The van der Waals surface area contributed by atoms with Gasteiger partial charge in [0.15, 0.2) is 0 Å². The van der Waals surface area contributed by atoms with Crippen LogP contribution >= 0.6 is 0 Å². The summed E-state index contributed by atoms with van der Waals surface area (Å²) in [6, 6.07) is 25.2. The van der Waals surface area contributed by atoms with Crippen LogP contribution in [0.25, 0.3) is 22.3 Å². The van der Waals surface area contributed by atoms with Gasteiger partial charge in [-0.3, -0.25) is 0 Å². The first-order chi connectivity index (χ1) is 13.2. The molecular formula is C25H22N2. The van der Waals surface area contributed by atoms with Crippen LogP contribution in [0.4, 0.5) is 0 Å². The predicted molar refractivity (Wildman–Crippen MR) is 110 cm³/mol. The van der Waals surface area contributed by atoms with E-state index in [1.54, 1.807) is 0 Å². The lowest BCUT2D eigenvalue weighted by Gasteiger charge is -2.10. The Morgan fingerprint density at radius 2 is 1.22 bits per heavy atom. The lowest BCUT2D eigenvalue weighted by Crippen LogP contribution is -1.95. The number of aryl methyl sites for hydroxylation is 2. The van der Waals surface area contributed by atoms with Gasteiger partial charge in [0.05, 0.1) is 11.1 Å². The summed E-state index contributed by atoms with van der Waals surface area (Å²) in [7, 11) is 0. The zero-order valence-corrected chi connectivity index (χ0v) is 15.8. The maximum Gasteiger partial charge on any atom is 0.101 e. The molecule has 2 heteroatoms. The molecule has 0 unspecified atom stereocenters. The van der Waals surface area contributed by atoms with Crippen LogP contribution in [0.1, 0.15) is 42.5 Å². The Bertz CT molecular complexity index is 1010. The highest BCUT2D eigenvalue weighted by Gasteiger charge is 2.13. The maximum absolute atomic E-state index is 9.61. The van der Waals surface area contributed by atoms with Gasteiger partial charge in [-0.1, -0.05) is 80.9 Å². The van der Waals surface area contributed by atoms with Gasteiger partial charge in [-0.25, -0.2) is 0 Å². The van der Waals surface area contributed by atoms with Crippen LogP contribution in [0, 0.1) is 22.7 Å². The van der Waals surface area contributed by atoms with Crippen LogP contribution in [-0.4, -0.2) is 0 Å². The maximum atomic E-state index is 9.61. The van der Waals surface area contributed by atoms with Crippen molar-refractivity contribution in [3.63, 3.8) is 0 Å². The van der Waals surface area contributed by atoms with E-state index in [0.717, 1.165) is 41.5 Å². The molecule has 0 spiro atoms. The van der Waals surface area contributed by atoms with Crippen LogP contribution in [0.15, 0.2) is 60.7 Å². The van der Waals surface area contributed by atoms with Gasteiger partial charge < -0.3 is 0 Å². The van der Waals surface area contributed by atoms with Crippen LogP contribution in [0.5, 0.6) is 0 Å².